The maximum absolute atomic E-state index is 6.53. The average Bonchev–Trinajstić information content (AvgIpc) is 3.24. The van der Waals surface area contributed by atoms with Crippen molar-refractivity contribution in [1.82, 2.24) is 5.01 Å². The first kappa shape index (κ1) is 21.8. The predicted molar refractivity (Wildman–Crippen MR) is 135 cm³/mol. The van der Waals surface area contributed by atoms with Crippen molar-refractivity contribution in [3.05, 3.63) is 91.3 Å². The van der Waals surface area contributed by atoms with Gasteiger partial charge in [0.15, 0.2) is 0 Å². The Morgan fingerprint density at radius 2 is 1.84 bits per heavy atom. The van der Waals surface area contributed by atoms with Crippen LogP contribution in [0.15, 0.2) is 74.7 Å². The molecule has 0 radical (unpaired) electrons. The topological polar surface area (TPSA) is 34.1 Å². The molecule has 2 unspecified atom stereocenters. The predicted octanol–water partition coefficient (Wildman–Crippen LogP) is 7.90. The third-order valence-electron chi connectivity index (χ3n) is 5.62. The Kier molecular flexibility index (Phi) is 6.19. The largest absolute Gasteiger partial charge is 0.494 e. The fourth-order valence-electron chi connectivity index (χ4n) is 4.10. The van der Waals surface area contributed by atoms with Gasteiger partial charge in [0.25, 0.3) is 0 Å². The zero-order chi connectivity index (χ0) is 22.2. The van der Waals surface area contributed by atoms with Gasteiger partial charge in [-0.25, -0.2) is 5.01 Å². The average molecular weight is 577 g/mol. The maximum Gasteiger partial charge on any atom is 0.213 e. The summed E-state index contributed by atoms with van der Waals surface area (Å²) in [4.78, 5) is 0. The second kappa shape index (κ2) is 9.08. The van der Waals surface area contributed by atoms with Crippen LogP contribution in [0.4, 0.5) is 0 Å². The zero-order valence-electron chi connectivity index (χ0n) is 17.4. The molecule has 2 atom stereocenters. The van der Waals surface area contributed by atoms with Crippen LogP contribution in [0.5, 0.6) is 11.5 Å². The molecule has 5 rings (SSSR count). The Labute approximate surface area is 209 Å². The molecule has 2 heterocycles. The Hall–Kier alpha value is -2.02. The van der Waals surface area contributed by atoms with Crippen molar-refractivity contribution in [1.29, 1.82) is 0 Å². The highest BCUT2D eigenvalue weighted by atomic mass is 79.9. The summed E-state index contributed by atoms with van der Waals surface area (Å²) in [7, 11) is 0. The Bertz CT molecular complexity index is 1170. The fourth-order valence-corrected chi connectivity index (χ4v) is 5.58. The van der Waals surface area contributed by atoms with Crippen LogP contribution >= 0.6 is 43.5 Å². The van der Waals surface area contributed by atoms with Crippen molar-refractivity contribution in [2.75, 3.05) is 6.61 Å². The van der Waals surface area contributed by atoms with Gasteiger partial charge < -0.3 is 9.47 Å². The number of ether oxygens (including phenoxy) is 2. The molecule has 0 aromatic heterocycles. The molecule has 0 fully saturated rings. The molecular formula is C25H21Br2ClN2O2. The fraction of sp³-hybridized carbons (Fsp3) is 0.240. The molecule has 0 N–H and O–H groups in total. The highest BCUT2D eigenvalue weighted by Crippen LogP contribution is 2.51. The zero-order valence-corrected chi connectivity index (χ0v) is 21.3. The molecule has 0 spiro atoms. The number of halogens is 3. The summed E-state index contributed by atoms with van der Waals surface area (Å²) in [5.41, 5.74) is 4.23. The van der Waals surface area contributed by atoms with E-state index in [4.69, 9.17) is 26.2 Å². The molecule has 0 saturated heterocycles. The van der Waals surface area contributed by atoms with E-state index in [1.54, 1.807) is 0 Å². The second-order valence-electron chi connectivity index (χ2n) is 7.85. The molecule has 2 aliphatic rings. The van der Waals surface area contributed by atoms with Crippen LogP contribution in [0.1, 0.15) is 48.7 Å². The first-order chi connectivity index (χ1) is 15.5. The third kappa shape index (κ3) is 4.16. The molecule has 32 heavy (non-hydrogen) atoms. The van der Waals surface area contributed by atoms with Gasteiger partial charge in [-0.3, -0.25) is 0 Å². The molecule has 0 aliphatic carbocycles. The molecule has 2 aliphatic heterocycles. The summed E-state index contributed by atoms with van der Waals surface area (Å²) in [5, 5.41) is 7.81. The quantitative estimate of drug-likeness (QED) is 0.310. The summed E-state index contributed by atoms with van der Waals surface area (Å²) in [6, 6.07) is 20.2. The normalized spacial score (nSPS) is 19.1. The maximum atomic E-state index is 6.53. The van der Waals surface area contributed by atoms with E-state index in [1.807, 2.05) is 42.5 Å². The standard InChI is InChI=1S/C25H21Br2ClN2O2/c1-2-11-31-19-9-5-16(6-10-19)25-30-23(20-12-17(26)13-21(27)24(20)32-25)14-22(29-30)15-3-7-18(28)8-4-15/h3-10,12-13,23,25H,2,11,14H2,1H3. The number of fused-ring (bicyclic) bond motifs is 3. The van der Waals surface area contributed by atoms with E-state index < -0.39 is 0 Å². The van der Waals surface area contributed by atoms with Gasteiger partial charge in [0.1, 0.15) is 11.5 Å². The molecule has 0 amide bonds. The van der Waals surface area contributed by atoms with E-state index >= 15 is 0 Å². The minimum Gasteiger partial charge on any atom is -0.494 e. The van der Waals surface area contributed by atoms with E-state index in [1.165, 1.54) is 0 Å². The summed E-state index contributed by atoms with van der Waals surface area (Å²) < 4.78 is 14.2. The minimum atomic E-state index is -0.338. The van der Waals surface area contributed by atoms with Crippen LogP contribution in [0.3, 0.4) is 0 Å². The monoisotopic (exact) mass is 574 g/mol. The van der Waals surface area contributed by atoms with E-state index in [0.29, 0.717) is 6.61 Å². The summed E-state index contributed by atoms with van der Waals surface area (Å²) in [6.45, 7) is 2.80. The lowest BCUT2D eigenvalue weighted by Gasteiger charge is -2.38. The Balaban J connectivity index is 1.54. The van der Waals surface area contributed by atoms with Crippen LogP contribution in [-0.2, 0) is 0 Å². The molecule has 4 nitrogen and oxygen atoms in total. The van der Waals surface area contributed by atoms with Gasteiger partial charge >= 0.3 is 0 Å². The van der Waals surface area contributed by atoms with Crippen molar-refractivity contribution in [2.24, 2.45) is 5.10 Å². The lowest BCUT2D eigenvalue weighted by molar-refractivity contribution is -0.0197. The van der Waals surface area contributed by atoms with Gasteiger partial charge in [0, 0.05) is 27.0 Å². The molecule has 164 valence electrons. The summed E-state index contributed by atoms with van der Waals surface area (Å²) in [5.74, 6) is 1.72. The lowest BCUT2D eigenvalue weighted by Crippen LogP contribution is -2.33. The first-order valence-electron chi connectivity index (χ1n) is 10.5. The highest BCUT2D eigenvalue weighted by Gasteiger charge is 2.42. The SMILES string of the molecule is CCCOc1ccc(C2Oc3c(Br)cc(Br)cc3C3CC(c4ccc(Cl)cc4)=NN32)cc1. The number of hydrogen-bond acceptors (Lipinski definition) is 4. The van der Waals surface area contributed by atoms with Crippen molar-refractivity contribution in [3.8, 4) is 11.5 Å². The van der Waals surface area contributed by atoms with Crippen molar-refractivity contribution >= 4 is 49.2 Å². The van der Waals surface area contributed by atoms with Gasteiger partial charge in [-0.2, -0.15) is 5.10 Å². The van der Waals surface area contributed by atoms with Crippen molar-refractivity contribution in [3.63, 3.8) is 0 Å². The molecule has 7 heteroatoms. The van der Waals surface area contributed by atoms with Crippen LogP contribution < -0.4 is 9.47 Å². The van der Waals surface area contributed by atoms with Crippen LogP contribution in [0.25, 0.3) is 0 Å². The molecule has 0 bridgehead atoms. The van der Waals surface area contributed by atoms with E-state index in [9.17, 15) is 0 Å². The van der Waals surface area contributed by atoms with E-state index in [-0.39, 0.29) is 12.3 Å². The van der Waals surface area contributed by atoms with Gasteiger partial charge in [-0.05, 0) is 76.4 Å². The highest BCUT2D eigenvalue weighted by molar-refractivity contribution is 9.11. The number of benzene rings is 3. The van der Waals surface area contributed by atoms with E-state index in [0.717, 1.165) is 60.7 Å². The number of hydrogen-bond donors (Lipinski definition) is 0. The van der Waals surface area contributed by atoms with Crippen LogP contribution in [-0.4, -0.2) is 17.3 Å². The number of nitrogens with zero attached hydrogens (tertiary/aromatic N) is 2. The van der Waals surface area contributed by atoms with Gasteiger partial charge in [0.2, 0.25) is 6.23 Å². The van der Waals surface area contributed by atoms with Crippen LogP contribution in [0, 0.1) is 0 Å². The molecule has 3 aromatic carbocycles. The third-order valence-corrected chi connectivity index (χ3v) is 6.92. The lowest BCUT2D eigenvalue weighted by atomic mass is 9.96. The summed E-state index contributed by atoms with van der Waals surface area (Å²) in [6.07, 6.45) is 1.43. The summed E-state index contributed by atoms with van der Waals surface area (Å²) >= 11 is 13.4. The minimum absolute atomic E-state index is 0.0687. The molecule has 3 aromatic rings. The molecular weight excluding hydrogens is 556 g/mol. The smallest absolute Gasteiger partial charge is 0.213 e. The second-order valence-corrected chi connectivity index (χ2v) is 10.1. The Morgan fingerprint density at radius 1 is 1.09 bits per heavy atom. The van der Waals surface area contributed by atoms with Crippen molar-refractivity contribution < 1.29 is 9.47 Å². The number of rotatable bonds is 5. The molecule has 0 saturated carbocycles. The van der Waals surface area contributed by atoms with Crippen molar-refractivity contribution in [2.45, 2.75) is 32.0 Å². The van der Waals surface area contributed by atoms with Gasteiger partial charge in [-0.1, -0.05) is 46.6 Å². The Morgan fingerprint density at radius 3 is 2.56 bits per heavy atom. The van der Waals surface area contributed by atoms with Gasteiger partial charge in [-0.15, -0.1) is 0 Å². The first-order valence-corrected chi connectivity index (χ1v) is 12.5. The van der Waals surface area contributed by atoms with Gasteiger partial charge in [0.05, 0.1) is 22.8 Å². The van der Waals surface area contributed by atoms with E-state index in [2.05, 4.69) is 62.0 Å². The van der Waals surface area contributed by atoms with Crippen LogP contribution in [0.2, 0.25) is 5.02 Å². The number of hydrazone groups is 1.